The molecule has 0 spiro atoms. The van der Waals surface area contributed by atoms with Gasteiger partial charge in [0, 0.05) is 47.7 Å². The summed E-state index contributed by atoms with van der Waals surface area (Å²) in [5.41, 5.74) is 5.69. The van der Waals surface area contributed by atoms with Crippen molar-refractivity contribution in [3.8, 4) is 39.5 Å². The number of aromatic amines is 1. The molecule has 5 aromatic rings. The van der Waals surface area contributed by atoms with Crippen molar-refractivity contribution < 1.29 is 4.74 Å². The zero-order valence-electron chi connectivity index (χ0n) is 16.1. The number of rotatable bonds is 4. The van der Waals surface area contributed by atoms with Gasteiger partial charge >= 0.3 is 0 Å². The van der Waals surface area contributed by atoms with E-state index in [9.17, 15) is 0 Å². The molecule has 3 heterocycles. The molecule has 0 radical (unpaired) electrons. The molecule has 3 aromatic heterocycles. The van der Waals surface area contributed by atoms with Crippen LogP contribution in [0.4, 0.5) is 0 Å². The Morgan fingerprint density at radius 2 is 1.79 bits per heavy atom. The van der Waals surface area contributed by atoms with E-state index in [0.29, 0.717) is 5.65 Å². The van der Waals surface area contributed by atoms with Crippen LogP contribution in [0, 0.1) is 0 Å². The number of aromatic nitrogens is 5. The van der Waals surface area contributed by atoms with Crippen LogP contribution in [0.15, 0.2) is 73.2 Å². The highest BCUT2D eigenvalue weighted by Crippen LogP contribution is 2.34. The molecule has 0 unspecified atom stereocenters. The van der Waals surface area contributed by atoms with Crippen molar-refractivity contribution >= 4 is 11.0 Å². The maximum atomic E-state index is 5.52. The van der Waals surface area contributed by atoms with Gasteiger partial charge in [-0.2, -0.15) is 5.10 Å². The van der Waals surface area contributed by atoms with E-state index in [2.05, 4.69) is 44.4 Å². The van der Waals surface area contributed by atoms with Gasteiger partial charge in [0.15, 0.2) is 5.65 Å². The SMILES string of the molecule is COc1ccccc1-c1[nH]nc2ncc(-c3cccc(-c4nccn4C)c3)cc12. The van der Waals surface area contributed by atoms with Gasteiger partial charge in [0.1, 0.15) is 11.6 Å². The van der Waals surface area contributed by atoms with Gasteiger partial charge in [0.25, 0.3) is 0 Å². The van der Waals surface area contributed by atoms with Crippen molar-refractivity contribution in [3.05, 3.63) is 73.2 Å². The van der Waals surface area contributed by atoms with Crippen LogP contribution in [0.3, 0.4) is 0 Å². The third kappa shape index (κ3) is 2.95. The van der Waals surface area contributed by atoms with Gasteiger partial charge in [-0.05, 0) is 29.8 Å². The molecule has 2 aromatic carbocycles. The first-order valence-corrected chi connectivity index (χ1v) is 9.30. The number of benzene rings is 2. The first-order chi connectivity index (χ1) is 14.2. The fourth-order valence-corrected chi connectivity index (χ4v) is 3.60. The summed E-state index contributed by atoms with van der Waals surface area (Å²) in [6.45, 7) is 0. The fourth-order valence-electron chi connectivity index (χ4n) is 3.60. The summed E-state index contributed by atoms with van der Waals surface area (Å²) in [6.07, 6.45) is 5.61. The van der Waals surface area contributed by atoms with E-state index in [1.807, 2.05) is 54.3 Å². The Morgan fingerprint density at radius 3 is 2.62 bits per heavy atom. The van der Waals surface area contributed by atoms with Crippen molar-refractivity contribution in [1.82, 2.24) is 24.7 Å². The van der Waals surface area contributed by atoms with Gasteiger partial charge in [-0.15, -0.1) is 0 Å². The highest BCUT2D eigenvalue weighted by atomic mass is 16.5. The van der Waals surface area contributed by atoms with E-state index in [0.717, 1.165) is 44.9 Å². The normalized spacial score (nSPS) is 11.1. The van der Waals surface area contributed by atoms with Crippen LogP contribution in [0.1, 0.15) is 0 Å². The fraction of sp³-hybridized carbons (Fsp3) is 0.0870. The van der Waals surface area contributed by atoms with Gasteiger partial charge in [-0.25, -0.2) is 9.97 Å². The van der Waals surface area contributed by atoms with Crippen LogP contribution in [0.25, 0.3) is 44.8 Å². The van der Waals surface area contributed by atoms with Crippen molar-refractivity contribution in [2.24, 2.45) is 7.05 Å². The summed E-state index contributed by atoms with van der Waals surface area (Å²) in [5, 5.41) is 8.44. The van der Waals surface area contributed by atoms with Gasteiger partial charge in [-0.3, -0.25) is 5.10 Å². The van der Waals surface area contributed by atoms with Crippen LogP contribution in [-0.2, 0) is 7.05 Å². The molecule has 6 nitrogen and oxygen atoms in total. The van der Waals surface area contributed by atoms with Crippen molar-refractivity contribution in [3.63, 3.8) is 0 Å². The van der Waals surface area contributed by atoms with E-state index in [1.54, 1.807) is 13.3 Å². The Labute approximate surface area is 167 Å². The lowest BCUT2D eigenvalue weighted by Crippen LogP contribution is -1.91. The maximum absolute atomic E-state index is 5.52. The third-order valence-electron chi connectivity index (χ3n) is 5.06. The molecule has 0 saturated heterocycles. The molecule has 0 atom stereocenters. The minimum absolute atomic E-state index is 0.676. The Kier molecular flexibility index (Phi) is 4.09. The zero-order chi connectivity index (χ0) is 19.8. The van der Waals surface area contributed by atoms with E-state index in [-0.39, 0.29) is 0 Å². The van der Waals surface area contributed by atoms with Crippen LogP contribution in [0.5, 0.6) is 5.75 Å². The maximum Gasteiger partial charge on any atom is 0.181 e. The predicted octanol–water partition coefficient (Wildman–Crippen LogP) is 4.70. The Balaban J connectivity index is 1.64. The number of methoxy groups -OCH3 is 1. The number of H-pyrrole nitrogens is 1. The molecule has 29 heavy (non-hydrogen) atoms. The molecule has 0 aliphatic heterocycles. The summed E-state index contributed by atoms with van der Waals surface area (Å²) in [6, 6.07) is 18.3. The quantitative estimate of drug-likeness (QED) is 0.490. The molecule has 0 bridgehead atoms. The molecular formula is C23H19N5O. The molecule has 0 aliphatic rings. The highest BCUT2D eigenvalue weighted by molar-refractivity contribution is 5.94. The minimum atomic E-state index is 0.676. The number of nitrogens with one attached hydrogen (secondary N) is 1. The van der Waals surface area contributed by atoms with Gasteiger partial charge in [0.2, 0.25) is 0 Å². The number of aryl methyl sites for hydroxylation is 1. The lowest BCUT2D eigenvalue weighted by Gasteiger charge is -2.08. The Bertz CT molecular complexity index is 1320. The van der Waals surface area contributed by atoms with Crippen molar-refractivity contribution in [2.75, 3.05) is 7.11 Å². The third-order valence-corrected chi connectivity index (χ3v) is 5.06. The monoisotopic (exact) mass is 381 g/mol. The summed E-state index contributed by atoms with van der Waals surface area (Å²) in [4.78, 5) is 9.02. The lowest BCUT2D eigenvalue weighted by molar-refractivity contribution is 0.416. The highest BCUT2D eigenvalue weighted by Gasteiger charge is 2.14. The van der Waals surface area contributed by atoms with Crippen LogP contribution in [0.2, 0.25) is 0 Å². The van der Waals surface area contributed by atoms with Crippen LogP contribution in [-0.4, -0.2) is 31.8 Å². The van der Waals surface area contributed by atoms with Crippen LogP contribution < -0.4 is 4.74 Å². The smallest absolute Gasteiger partial charge is 0.181 e. The summed E-state index contributed by atoms with van der Waals surface area (Å²) in [5.74, 6) is 1.72. The van der Waals surface area contributed by atoms with Gasteiger partial charge in [-0.1, -0.05) is 30.3 Å². The topological polar surface area (TPSA) is 68.6 Å². The molecule has 6 heteroatoms. The molecule has 1 N–H and O–H groups in total. The lowest BCUT2D eigenvalue weighted by atomic mass is 10.0. The number of ether oxygens (including phenoxy) is 1. The van der Waals surface area contributed by atoms with E-state index >= 15 is 0 Å². The largest absolute Gasteiger partial charge is 0.496 e. The number of imidazole rings is 1. The Hall–Kier alpha value is -3.93. The van der Waals surface area contributed by atoms with Crippen molar-refractivity contribution in [1.29, 1.82) is 0 Å². The predicted molar refractivity (Wildman–Crippen MR) is 114 cm³/mol. The number of para-hydroxylation sites is 1. The summed E-state index contributed by atoms with van der Waals surface area (Å²) >= 11 is 0. The minimum Gasteiger partial charge on any atom is -0.496 e. The second-order valence-electron chi connectivity index (χ2n) is 6.84. The average molecular weight is 381 g/mol. The molecule has 142 valence electrons. The average Bonchev–Trinajstić information content (AvgIpc) is 3.39. The Morgan fingerprint density at radius 1 is 0.931 bits per heavy atom. The molecular weight excluding hydrogens is 362 g/mol. The first kappa shape index (κ1) is 17.2. The molecule has 0 fully saturated rings. The summed E-state index contributed by atoms with van der Waals surface area (Å²) < 4.78 is 7.53. The van der Waals surface area contributed by atoms with Crippen LogP contribution >= 0.6 is 0 Å². The first-order valence-electron chi connectivity index (χ1n) is 9.30. The summed E-state index contributed by atoms with van der Waals surface area (Å²) in [7, 11) is 3.66. The number of pyridine rings is 1. The van der Waals surface area contributed by atoms with Gasteiger partial charge < -0.3 is 9.30 Å². The second-order valence-corrected chi connectivity index (χ2v) is 6.84. The number of hydrogen-bond acceptors (Lipinski definition) is 4. The zero-order valence-corrected chi connectivity index (χ0v) is 16.1. The number of hydrogen-bond donors (Lipinski definition) is 1. The molecule has 0 amide bonds. The number of nitrogens with zero attached hydrogens (tertiary/aromatic N) is 4. The van der Waals surface area contributed by atoms with E-state index < -0.39 is 0 Å². The number of fused-ring (bicyclic) bond motifs is 1. The second kappa shape index (κ2) is 6.91. The van der Waals surface area contributed by atoms with Gasteiger partial charge in [0.05, 0.1) is 12.8 Å². The standard InChI is InChI=1S/C23H19N5O/c1-28-11-10-24-23(28)16-7-5-6-15(12-16)17-13-19-21(26-27-22(19)25-14-17)18-8-3-4-9-20(18)29-2/h3-14H,1-2H3,(H,25,26,27). The molecule has 0 saturated carbocycles. The van der Waals surface area contributed by atoms with E-state index in [1.165, 1.54) is 0 Å². The molecule has 5 rings (SSSR count). The molecule has 0 aliphatic carbocycles. The van der Waals surface area contributed by atoms with Crippen molar-refractivity contribution in [2.45, 2.75) is 0 Å². The van der Waals surface area contributed by atoms with E-state index in [4.69, 9.17) is 4.74 Å².